The van der Waals surface area contributed by atoms with E-state index in [-0.39, 0.29) is 18.1 Å². The second kappa shape index (κ2) is 6.07. The van der Waals surface area contributed by atoms with Crippen LogP contribution in [0.15, 0.2) is 48.0 Å². The Labute approximate surface area is 144 Å². The van der Waals surface area contributed by atoms with Crippen LogP contribution in [-0.2, 0) is 7.05 Å². The van der Waals surface area contributed by atoms with Gasteiger partial charge in [0.05, 0.1) is 17.7 Å². The molecule has 2 N–H and O–H groups in total. The van der Waals surface area contributed by atoms with Crippen LogP contribution in [0.4, 0.5) is 0 Å². The van der Waals surface area contributed by atoms with Crippen molar-refractivity contribution in [2.75, 3.05) is 0 Å². The molecule has 1 fully saturated rings. The average molecular weight is 340 g/mol. The minimum absolute atomic E-state index is 0.0279. The molecular formula is C19H20N2O2S. The van der Waals surface area contributed by atoms with E-state index < -0.39 is 0 Å². The van der Waals surface area contributed by atoms with Crippen molar-refractivity contribution in [3.63, 3.8) is 0 Å². The van der Waals surface area contributed by atoms with Gasteiger partial charge in [0.2, 0.25) is 0 Å². The van der Waals surface area contributed by atoms with E-state index >= 15 is 0 Å². The van der Waals surface area contributed by atoms with E-state index in [0.717, 1.165) is 28.6 Å². The van der Waals surface area contributed by atoms with Gasteiger partial charge in [-0.3, -0.25) is 4.79 Å². The maximum Gasteiger partial charge on any atom is 0.253 e. The van der Waals surface area contributed by atoms with Crippen molar-refractivity contribution in [2.24, 2.45) is 13.0 Å². The summed E-state index contributed by atoms with van der Waals surface area (Å²) in [6.45, 7) is 0. The molecule has 2 heterocycles. The van der Waals surface area contributed by atoms with Gasteiger partial charge in [0, 0.05) is 29.0 Å². The Morgan fingerprint density at radius 1 is 1.29 bits per heavy atom. The molecule has 1 aromatic carbocycles. The zero-order valence-electron chi connectivity index (χ0n) is 13.5. The van der Waals surface area contributed by atoms with Gasteiger partial charge in [-0.25, -0.2) is 0 Å². The number of carbonyl (C=O) groups excluding carboxylic acids is 1. The molecule has 1 saturated carbocycles. The molecule has 4 nitrogen and oxygen atoms in total. The maximum atomic E-state index is 12.9. The number of fused-ring (bicyclic) bond motifs is 1. The number of aromatic nitrogens is 1. The number of nitrogens with zero attached hydrogens (tertiary/aromatic N) is 1. The number of aliphatic hydroxyl groups excluding tert-OH is 1. The lowest BCUT2D eigenvalue weighted by Gasteiger charge is -2.37. The Kier molecular flexibility index (Phi) is 3.90. The van der Waals surface area contributed by atoms with Crippen LogP contribution in [0, 0.1) is 5.92 Å². The van der Waals surface area contributed by atoms with Gasteiger partial charge in [-0.15, -0.1) is 11.3 Å². The molecule has 0 aliphatic heterocycles. The summed E-state index contributed by atoms with van der Waals surface area (Å²) in [6, 6.07) is 12.0. The van der Waals surface area contributed by atoms with E-state index in [1.165, 1.54) is 0 Å². The van der Waals surface area contributed by atoms with Crippen LogP contribution in [0.25, 0.3) is 10.9 Å². The molecule has 3 aromatic rings. The standard InChI is InChI=1S/C19H20N2O2S/c1-21-11-15(14-5-2-3-6-16(14)21)19(23)20-18(12-9-13(22)10-12)17-7-4-8-24-17/h2-8,11-13,18,22H,9-10H2,1H3,(H,20,23)/t12?,13?,18-/m0/s1. The SMILES string of the molecule is Cn1cc(C(=O)N[C@H](c2cccs2)C2CC(O)C2)c2ccccc21. The van der Waals surface area contributed by atoms with E-state index in [1.807, 2.05) is 53.5 Å². The number of rotatable bonds is 4. The quantitative estimate of drug-likeness (QED) is 0.764. The van der Waals surface area contributed by atoms with Crippen LogP contribution in [-0.4, -0.2) is 21.7 Å². The van der Waals surface area contributed by atoms with E-state index in [0.29, 0.717) is 11.5 Å². The predicted molar refractivity (Wildman–Crippen MR) is 96.2 cm³/mol. The first kappa shape index (κ1) is 15.4. The molecule has 1 atom stereocenters. The second-order valence-electron chi connectivity index (χ2n) is 6.52. The van der Waals surface area contributed by atoms with Crippen molar-refractivity contribution < 1.29 is 9.90 Å². The third kappa shape index (κ3) is 2.64. The molecule has 0 saturated heterocycles. The highest BCUT2D eigenvalue weighted by Crippen LogP contribution is 2.39. The van der Waals surface area contributed by atoms with E-state index in [9.17, 15) is 9.90 Å². The van der Waals surface area contributed by atoms with Gasteiger partial charge in [-0.1, -0.05) is 24.3 Å². The Morgan fingerprint density at radius 2 is 2.08 bits per heavy atom. The van der Waals surface area contributed by atoms with Crippen molar-refractivity contribution in [3.8, 4) is 0 Å². The fourth-order valence-electron chi connectivity index (χ4n) is 3.53. The number of aryl methyl sites for hydroxylation is 1. The zero-order valence-corrected chi connectivity index (χ0v) is 14.3. The van der Waals surface area contributed by atoms with Gasteiger partial charge in [0.15, 0.2) is 0 Å². The van der Waals surface area contributed by atoms with Crippen LogP contribution in [0.5, 0.6) is 0 Å². The van der Waals surface area contributed by atoms with Crippen LogP contribution in [0.2, 0.25) is 0 Å². The van der Waals surface area contributed by atoms with E-state index in [4.69, 9.17) is 0 Å². The van der Waals surface area contributed by atoms with Crippen molar-refractivity contribution in [2.45, 2.75) is 25.0 Å². The summed E-state index contributed by atoms with van der Waals surface area (Å²) in [5.74, 6) is 0.254. The highest BCUT2D eigenvalue weighted by atomic mass is 32.1. The lowest BCUT2D eigenvalue weighted by molar-refractivity contribution is 0.0241. The number of thiophene rings is 1. The number of hydrogen-bond acceptors (Lipinski definition) is 3. The summed E-state index contributed by atoms with van der Waals surface area (Å²) in [4.78, 5) is 14.1. The molecule has 1 aliphatic rings. The van der Waals surface area contributed by atoms with Crippen molar-refractivity contribution in [3.05, 3.63) is 58.4 Å². The van der Waals surface area contributed by atoms with E-state index in [2.05, 4.69) is 11.4 Å². The van der Waals surface area contributed by atoms with Gasteiger partial charge in [-0.2, -0.15) is 0 Å². The second-order valence-corrected chi connectivity index (χ2v) is 7.50. The topological polar surface area (TPSA) is 54.3 Å². The fourth-order valence-corrected chi connectivity index (χ4v) is 4.40. The Hall–Kier alpha value is -2.11. The highest BCUT2D eigenvalue weighted by molar-refractivity contribution is 7.10. The molecule has 2 aromatic heterocycles. The van der Waals surface area contributed by atoms with E-state index in [1.54, 1.807) is 11.3 Å². The highest BCUT2D eigenvalue weighted by Gasteiger charge is 2.36. The first-order valence-corrected chi connectivity index (χ1v) is 9.08. The monoisotopic (exact) mass is 340 g/mol. The minimum atomic E-state index is -0.230. The molecule has 4 rings (SSSR count). The molecular weight excluding hydrogens is 320 g/mol. The average Bonchev–Trinajstić information content (AvgIpc) is 3.19. The zero-order chi connectivity index (χ0) is 16.7. The van der Waals surface area contributed by atoms with Crippen molar-refractivity contribution >= 4 is 28.1 Å². The number of amides is 1. The molecule has 1 aliphatic carbocycles. The first-order chi connectivity index (χ1) is 11.6. The predicted octanol–water partition coefficient (Wildman–Crippen LogP) is 3.48. The number of para-hydroxylation sites is 1. The molecule has 0 unspecified atom stereocenters. The maximum absolute atomic E-state index is 12.9. The Balaban J connectivity index is 1.63. The van der Waals surface area contributed by atoms with Crippen molar-refractivity contribution in [1.29, 1.82) is 0 Å². The molecule has 1 amide bonds. The number of hydrogen-bond donors (Lipinski definition) is 2. The van der Waals surface area contributed by atoms with Gasteiger partial charge in [-0.05, 0) is 36.3 Å². The number of nitrogens with one attached hydrogen (secondary N) is 1. The number of aliphatic hydroxyl groups is 1. The third-order valence-corrected chi connectivity index (χ3v) is 5.85. The third-order valence-electron chi connectivity index (χ3n) is 4.90. The molecule has 124 valence electrons. The summed E-state index contributed by atoms with van der Waals surface area (Å²) in [5, 5.41) is 15.9. The molecule has 5 heteroatoms. The lowest BCUT2D eigenvalue weighted by Crippen LogP contribution is -2.41. The van der Waals surface area contributed by atoms with Crippen LogP contribution < -0.4 is 5.32 Å². The summed E-state index contributed by atoms with van der Waals surface area (Å²) >= 11 is 1.65. The number of carbonyl (C=O) groups is 1. The Morgan fingerprint density at radius 3 is 2.79 bits per heavy atom. The summed E-state index contributed by atoms with van der Waals surface area (Å²) in [6.07, 6.45) is 3.16. The summed E-state index contributed by atoms with van der Waals surface area (Å²) < 4.78 is 1.98. The summed E-state index contributed by atoms with van der Waals surface area (Å²) in [7, 11) is 1.96. The van der Waals surface area contributed by atoms with Crippen LogP contribution in [0.3, 0.4) is 0 Å². The van der Waals surface area contributed by atoms with Crippen LogP contribution >= 0.6 is 11.3 Å². The van der Waals surface area contributed by atoms with Gasteiger partial charge < -0.3 is 15.0 Å². The van der Waals surface area contributed by atoms with Gasteiger partial charge in [0.1, 0.15) is 0 Å². The molecule has 0 bridgehead atoms. The minimum Gasteiger partial charge on any atom is -0.393 e. The normalized spacial score (nSPS) is 21.4. The smallest absolute Gasteiger partial charge is 0.253 e. The number of benzene rings is 1. The lowest BCUT2D eigenvalue weighted by atomic mass is 9.76. The summed E-state index contributed by atoms with van der Waals surface area (Å²) in [5.41, 5.74) is 1.75. The van der Waals surface area contributed by atoms with Gasteiger partial charge in [0.25, 0.3) is 5.91 Å². The Bertz CT molecular complexity index is 863. The first-order valence-electron chi connectivity index (χ1n) is 8.20. The fraction of sp³-hybridized carbons (Fsp3) is 0.316. The molecule has 0 radical (unpaired) electrons. The van der Waals surface area contributed by atoms with Gasteiger partial charge >= 0.3 is 0 Å². The largest absolute Gasteiger partial charge is 0.393 e. The molecule has 0 spiro atoms. The molecule has 24 heavy (non-hydrogen) atoms. The van der Waals surface area contributed by atoms with Crippen molar-refractivity contribution in [1.82, 2.24) is 9.88 Å². The van der Waals surface area contributed by atoms with Crippen LogP contribution in [0.1, 0.15) is 34.1 Å².